The molecule has 1 nitrogen and oxygen atoms in total. The number of hydrogen-bond donors (Lipinski definition) is 0. The summed E-state index contributed by atoms with van der Waals surface area (Å²) in [7, 11) is 0. The quantitative estimate of drug-likeness (QED) is 0.766. The molecule has 0 amide bonds. The molecule has 1 aliphatic rings. The van der Waals surface area contributed by atoms with E-state index in [4.69, 9.17) is 0 Å². The molecule has 0 radical (unpaired) electrons. The van der Waals surface area contributed by atoms with E-state index >= 15 is 0 Å². The molecule has 0 bridgehead atoms. The van der Waals surface area contributed by atoms with Crippen molar-refractivity contribution >= 4 is 33.0 Å². The lowest BCUT2D eigenvalue weighted by Crippen LogP contribution is -2.38. The van der Waals surface area contributed by atoms with Crippen molar-refractivity contribution in [1.29, 1.82) is 0 Å². The molecule has 3 heteroatoms. The van der Waals surface area contributed by atoms with Crippen LogP contribution in [0.1, 0.15) is 45.6 Å². The van der Waals surface area contributed by atoms with Crippen molar-refractivity contribution in [3.63, 3.8) is 0 Å². The highest BCUT2D eigenvalue weighted by molar-refractivity contribution is 9.10. The lowest BCUT2D eigenvalue weighted by molar-refractivity contribution is -0.128. The van der Waals surface area contributed by atoms with E-state index in [1.165, 1.54) is 12.0 Å². The standard InChI is InChI=1S/C14H19BrOS/c1-9-4-5-10(13(16)6-9)14(2,3)11-7-17-8-12(11)15/h7-10H,4-6H2,1-3H3. The Morgan fingerprint density at radius 2 is 2.06 bits per heavy atom. The van der Waals surface area contributed by atoms with Crippen molar-refractivity contribution in [3.05, 3.63) is 20.8 Å². The second-order valence-electron chi connectivity index (χ2n) is 5.76. The van der Waals surface area contributed by atoms with Gasteiger partial charge in [-0.05, 0) is 45.6 Å². The average Bonchev–Trinajstić information content (AvgIpc) is 2.64. The largest absolute Gasteiger partial charge is 0.299 e. The van der Waals surface area contributed by atoms with Crippen LogP contribution in [-0.2, 0) is 10.2 Å². The third-order valence-electron chi connectivity index (χ3n) is 4.07. The van der Waals surface area contributed by atoms with Crippen molar-refractivity contribution < 1.29 is 4.79 Å². The van der Waals surface area contributed by atoms with Gasteiger partial charge in [-0.15, -0.1) is 0 Å². The van der Waals surface area contributed by atoms with Crippen LogP contribution in [0.4, 0.5) is 0 Å². The SMILES string of the molecule is CC1CCC(C(C)(C)c2cscc2Br)C(=O)C1. The summed E-state index contributed by atoms with van der Waals surface area (Å²) in [6, 6.07) is 0. The Morgan fingerprint density at radius 1 is 1.35 bits per heavy atom. The van der Waals surface area contributed by atoms with Crippen molar-refractivity contribution in [2.24, 2.45) is 11.8 Å². The lowest BCUT2D eigenvalue weighted by atomic mass is 9.66. The summed E-state index contributed by atoms with van der Waals surface area (Å²) in [5.41, 5.74) is 1.24. The summed E-state index contributed by atoms with van der Waals surface area (Å²) < 4.78 is 1.15. The Hall–Kier alpha value is -0.150. The van der Waals surface area contributed by atoms with Crippen LogP contribution in [0, 0.1) is 11.8 Å². The Morgan fingerprint density at radius 3 is 2.59 bits per heavy atom. The number of thiophene rings is 1. The van der Waals surface area contributed by atoms with Gasteiger partial charge in [0, 0.05) is 27.6 Å². The summed E-state index contributed by atoms with van der Waals surface area (Å²) in [4.78, 5) is 12.2. The molecule has 1 aromatic heterocycles. The average molecular weight is 315 g/mol. The van der Waals surface area contributed by atoms with Crippen LogP contribution in [0.3, 0.4) is 0 Å². The maximum absolute atomic E-state index is 12.2. The Labute approximate surface area is 116 Å². The van der Waals surface area contributed by atoms with Crippen molar-refractivity contribution in [2.45, 2.75) is 45.4 Å². The van der Waals surface area contributed by atoms with E-state index in [0.717, 1.165) is 17.3 Å². The van der Waals surface area contributed by atoms with Crippen LogP contribution in [0.25, 0.3) is 0 Å². The van der Waals surface area contributed by atoms with Gasteiger partial charge in [0.1, 0.15) is 5.78 Å². The van der Waals surface area contributed by atoms with Crippen LogP contribution in [0.5, 0.6) is 0 Å². The molecule has 0 N–H and O–H groups in total. The minimum absolute atomic E-state index is 0.0456. The molecule has 0 aliphatic heterocycles. The first-order valence-corrected chi connectivity index (χ1v) is 7.91. The molecule has 0 aromatic carbocycles. The van der Waals surface area contributed by atoms with Gasteiger partial charge in [-0.2, -0.15) is 11.3 Å². The Balaban J connectivity index is 2.27. The number of rotatable bonds is 2. The van der Waals surface area contributed by atoms with Gasteiger partial charge in [0.25, 0.3) is 0 Å². The first kappa shape index (κ1) is 13.3. The van der Waals surface area contributed by atoms with E-state index in [2.05, 4.69) is 47.5 Å². The summed E-state index contributed by atoms with van der Waals surface area (Å²) in [5, 5.41) is 4.28. The van der Waals surface area contributed by atoms with Crippen LogP contribution in [0.2, 0.25) is 0 Å². The smallest absolute Gasteiger partial charge is 0.137 e. The maximum atomic E-state index is 12.2. The zero-order valence-corrected chi connectivity index (χ0v) is 13.0. The number of hydrogen-bond acceptors (Lipinski definition) is 2. The van der Waals surface area contributed by atoms with Crippen LogP contribution < -0.4 is 0 Å². The van der Waals surface area contributed by atoms with Gasteiger partial charge in [-0.1, -0.05) is 20.8 Å². The molecule has 2 atom stereocenters. The van der Waals surface area contributed by atoms with Gasteiger partial charge in [0.05, 0.1) is 0 Å². The van der Waals surface area contributed by atoms with Crippen molar-refractivity contribution in [2.75, 3.05) is 0 Å². The molecule has 1 saturated carbocycles. The molecule has 1 aromatic rings. The van der Waals surface area contributed by atoms with E-state index in [-0.39, 0.29) is 11.3 Å². The summed E-state index contributed by atoms with van der Waals surface area (Å²) in [6.07, 6.45) is 2.98. The molecule has 1 aliphatic carbocycles. The number of Topliss-reactive ketones (excluding diaryl/α,β-unsaturated/α-hetero) is 1. The molecule has 1 heterocycles. The fourth-order valence-electron chi connectivity index (χ4n) is 2.89. The van der Waals surface area contributed by atoms with Crippen molar-refractivity contribution in [1.82, 2.24) is 0 Å². The topological polar surface area (TPSA) is 17.1 Å². The normalized spacial score (nSPS) is 26.2. The molecular formula is C14H19BrOS. The summed E-state index contributed by atoms with van der Waals surface area (Å²) >= 11 is 5.30. The van der Waals surface area contributed by atoms with Gasteiger partial charge >= 0.3 is 0 Å². The molecule has 0 spiro atoms. The first-order chi connectivity index (χ1) is 7.93. The van der Waals surface area contributed by atoms with E-state index in [1.807, 2.05) is 0 Å². The van der Waals surface area contributed by atoms with E-state index in [1.54, 1.807) is 11.3 Å². The molecule has 0 saturated heterocycles. The number of ketones is 1. The van der Waals surface area contributed by atoms with Gasteiger partial charge < -0.3 is 0 Å². The molecular weight excluding hydrogens is 296 g/mol. The molecule has 2 rings (SSSR count). The highest BCUT2D eigenvalue weighted by atomic mass is 79.9. The Bertz CT molecular complexity index is 422. The third kappa shape index (κ3) is 2.50. The van der Waals surface area contributed by atoms with Gasteiger partial charge in [0.15, 0.2) is 0 Å². The van der Waals surface area contributed by atoms with Gasteiger partial charge in [-0.25, -0.2) is 0 Å². The minimum atomic E-state index is -0.0456. The highest BCUT2D eigenvalue weighted by Crippen LogP contribution is 2.43. The molecule has 94 valence electrons. The number of carbonyl (C=O) groups is 1. The summed E-state index contributed by atoms with van der Waals surface area (Å²) in [6.45, 7) is 6.60. The van der Waals surface area contributed by atoms with Crippen LogP contribution >= 0.6 is 27.3 Å². The predicted octanol–water partition coefficient (Wildman–Crippen LogP) is 4.79. The Kier molecular flexibility index (Phi) is 3.79. The lowest BCUT2D eigenvalue weighted by Gasteiger charge is -2.37. The highest BCUT2D eigenvalue weighted by Gasteiger charge is 2.40. The van der Waals surface area contributed by atoms with Gasteiger partial charge in [-0.3, -0.25) is 4.79 Å². The minimum Gasteiger partial charge on any atom is -0.299 e. The van der Waals surface area contributed by atoms with Crippen molar-refractivity contribution in [3.8, 4) is 0 Å². The fraction of sp³-hybridized carbons (Fsp3) is 0.643. The predicted molar refractivity (Wildman–Crippen MR) is 76.6 cm³/mol. The number of carbonyl (C=O) groups excluding carboxylic acids is 1. The second kappa shape index (κ2) is 4.85. The molecule has 2 unspecified atom stereocenters. The van der Waals surface area contributed by atoms with Crippen LogP contribution in [-0.4, -0.2) is 5.78 Å². The second-order valence-corrected chi connectivity index (χ2v) is 7.36. The van der Waals surface area contributed by atoms with E-state index in [0.29, 0.717) is 11.7 Å². The fourth-order valence-corrected chi connectivity index (χ4v) is 4.87. The number of halogens is 1. The zero-order chi connectivity index (χ0) is 12.6. The first-order valence-electron chi connectivity index (χ1n) is 6.17. The van der Waals surface area contributed by atoms with Crippen LogP contribution in [0.15, 0.2) is 15.2 Å². The zero-order valence-electron chi connectivity index (χ0n) is 10.6. The van der Waals surface area contributed by atoms with Gasteiger partial charge in [0.2, 0.25) is 0 Å². The maximum Gasteiger partial charge on any atom is 0.137 e. The third-order valence-corrected chi connectivity index (χ3v) is 5.77. The molecule has 17 heavy (non-hydrogen) atoms. The van der Waals surface area contributed by atoms with E-state index in [9.17, 15) is 4.79 Å². The molecule has 1 fully saturated rings. The van der Waals surface area contributed by atoms with E-state index < -0.39 is 0 Å². The monoisotopic (exact) mass is 314 g/mol. The summed E-state index contributed by atoms with van der Waals surface area (Å²) in [5.74, 6) is 1.21.